The number of hydrogen-bond donors (Lipinski definition) is 3. The Morgan fingerprint density at radius 2 is 1.36 bits per heavy atom. The summed E-state index contributed by atoms with van der Waals surface area (Å²) in [6.45, 7) is 0. The van der Waals surface area contributed by atoms with Gasteiger partial charge in [0.05, 0.1) is 0 Å². The molecular weight excluding hydrogens is 169 g/mol. The van der Waals surface area contributed by atoms with Gasteiger partial charge in [-0.15, -0.1) is 0 Å². The van der Waals surface area contributed by atoms with Gasteiger partial charge >= 0.3 is 9.14 Å². The van der Waals surface area contributed by atoms with Crippen molar-refractivity contribution in [2.45, 2.75) is 0 Å². The molecule has 0 radical (unpaired) electrons. The van der Waals surface area contributed by atoms with Gasteiger partial charge in [-0.1, -0.05) is 6.07 Å². The summed E-state index contributed by atoms with van der Waals surface area (Å²) in [4.78, 5) is 25.1. The second-order valence-corrected chi connectivity index (χ2v) is 2.69. The third-order valence-electron chi connectivity index (χ3n) is 0.566. The number of pyridine rings is 1. The molecule has 3 N–H and O–H groups in total. The molecule has 11 heavy (non-hydrogen) atoms. The highest BCUT2D eigenvalue weighted by atomic mass is 28.4. The molecule has 0 aliphatic heterocycles. The first-order chi connectivity index (χ1) is 5.00. The van der Waals surface area contributed by atoms with Gasteiger partial charge in [0.25, 0.3) is 0 Å². The Morgan fingerprint density at radius 1 is 1.00 bits per heavy atom. The van der Waals surface area contributed by atoms with Crippen LogP contribution >= 0.6 is 0 Å². The van der Waals surface area contributed by atoms with E-state index in [1.807, 2.05) is 18.2 Å². The maximum Gasteiger partial charge on any atom is 0.711 e. The lowest BCUT2D eigenvalue weighted by Gasteiger charge is -1.87. The smallest absolute Gasteiger partial charge is 0.365 e. The maximum absolute atomic E-state index is 10.5. The van der Waals surface area contributed by atoms with Crippen LogP contribution in [0.15, 0.2) is 30.6 Å². The highest BCUT2D eigenvalue weighted by Gasteiger charge is 2.26. The van der Waals surface area contributed by atoms with Crippen LogP contribution in [0.5, 0.6) is 0 Å². The summed E-state index contributed by atoms with van der Waals surface area (Å²) in [5.41, 5.74) is 0. The lowest BCUT2D eigenvalue weighted by atomic mass is 10.5. The van der Waals surface area contributed by atoms with E-state index in [9.17, 15) is 4.11 Å². The Morgan fingerprint density at radius 3 is 1.45 bits per heavy atom. The molecule has 1 aromatic rings. The fourth-order valence-electron chi connectivity index (χ4n) is 0.313. The van der Waals surface area contributed by atoms with E-state index < -0.39 is 9.14 Å². The van der Waals surface area contributed by atoms with Crippen molar-refractivity contribution in [3.05, 3.63) is 30.6 Å². The van der Waals surface area contributed by atoms with Crippen molar-refractivity contribution in [2.24, 2.45) is 0 Å². The molecule has 0 amide bonds. The molecule has 0 unspecified atom stereocenters. The third kappa shape index (κ3) is 17.6. The highest BCUT2D eigenvalue weighted by Crippen LogP contribution is 1.79. The Kier molecular flexibility index (Phi) is 4.54. The second-order valence-electron chi connectivity index (χ2n) is 1.58. The zero-order valence-corrected chi connectivity index (χ0v) is 6.55. The molecular formula is C5H8FNO3Si. The number of nitrogens with zero attached hydrogens (tertiary/aromatic N) is 1. The van der Waals surface area contributed by atoms with Crippen LogP contribution in [0.3, 0.4) is 0 Å². The van der Waals surface area contributed by atoms with Gasteiger partial charge in [0.1, 0.15) is 0 Å². The Balaban J connectivity index is 0.000000187. The minimum atomic E-state index is -5.11. The average Bonchev–Trinajstić information content (AvgIpc) is 1.88. The average molecular weight is 177 g/mol. The first-order valence-corrected chi connectivity index (χ1v) is 4.43. The standard InChI is InChI=1S/C5H5N.FH3O3Si/c1-2-4-6-5-3-1;1-5(2,3)4/h1-5H;2-4H. The van der Waals surface area contributed by atoms with Crippen molar-refractivity contribution in [3.63, 3.8) is 0 Å². The van der Waals surface area contributed by atoms with E-state index in [4.69, 9.17) is 14.4 Å². The van der Waals surface area contributed by atoms with Crippen molar-refractivity contribution >= 4 is 9.14 Å². The molecule has 0 bridgehead atoms. The predicted molar refractivity (Wildman–Crippen MR) is 37.8 cm³/mol. The first-order valence-electron chi connectivity index (χ1n) is 2.71. The van der Waals surface area contributed by atoms with Gasteiger partial charge in [0, 0.05) is 12.4 Å². The van der Waals surface area contributed by atoms with Crippen molar-refractivity contribution < 1.29 is 18.5 Å². The first kappa shape index (κ1) is 10.2. The molecule has 0 saturated heterocycles. The third-order valence-corrected chi connectivity index (χ3v) is 0.566. The van der Waals surface area contributed by atoms with Gasteiger partial charge in [0.15, 0.2) is 0 Å². The number of aromatic nitrogens is 1. The number of rotatable bonds is 0. The summed E-state index contributed by atoms with van der Waals surface area (Å²) in [5.74, 6) is 0. The zero-order valence-electron chi connectivity index (χ0n) is 5.55. The predicted octanol–water partition coefficient (Wildman–Crippen LogP) is -0.550. The van der Waals surface area contributed by atoms with E-state index in [0.717, 1.165) is 0 Å². The fourth-order valence-corrected chi connectivity index (χ4v) is 0.313. The van der Waals surface area contributed by atoms with E-state index in [0.29, 0.717) is 0 Å². The topological polar surface area (TPSA) is 73.6 Å². The van der Waals surface area contributed by atoms with Gasteiger partial charge in [-0.2, -0.15) is 0 Å². The molecule has 6 heteroatoms. The van der Waals surface area contributed by atoms with Crippen LogP contribution in [0.4, 0.5) is 4.11 Å². The molecule has 0 atom stereocenters. The van der Waals surface area contributed by atoms with E-state index in [1.165, 1.54) is 0 Å². The molecule has 0 spiro atoms. The quantitative estimate of drug-likeness (QED) is 0.367. The van der Waals surface area contributed by atoms with E-state index >= 15 is 0 Å². The van der Waals surface area contributed by atoms with Gasteiger partial charge in [-0.25, -0.2) is 4.11 Å². The summed E-state index contributed by atoms with van der Waals surface area (Å²) in [6.07, 6.45) is 3.50. The van der Waals surface area contributed by atoms with Crippen LogP contribution in [-0.2, 0) is 0 Å². The molecule has 0 fully saturated rings. The largest absolute Gasteiger partial charge is 0.711 e. The molecule has 62 valence electrons. The van der Waals surface area contributed by atoms with Crippen molar-refractivity contribution in [3.8, 4) is 0 Å². The Hall–Kier alpha value is -0.823. The van der Waals surface area contributed by atoms with Crippen LogP contribution in [0, 0.1) is 0 Å². The van der Waals surface area contributed by atoms with Crippen LogP contribution in [0.25, 0.3) is 0 Å². The molecule has 1 rings (SSSR count). The van der Waals surface area contributed by atoms with Crippen LogP contribution < -0.4 is 0 Å². The summed E-state index contributed by atoms with van der Waals surface area (Å²) < 4.78 is 10.5. The van der Waals surface area contributed by atoms with E-state index in [1.54, 1.807) is 12.4 Å². The lowest BCUT2D eigenvalue weighted by molar-refractivity contribution is 0.165. The number of halogens is 1. The Bertz CT molecular complexity index is 146. The Labute approximate surface area is 64.1 Å². The van der Waals surface area contributed by atoms with Crippen LogP contribution in [0.1, 0.15) is 0 Å². The molecule has 4 nitrogen and oxygen atoms in total. The van der Waals surface area contributed by atoms with E-state index in [2.05, 4.69) is 4.98 Å². The zero-order chi connectivity index (χ0) is 8.74. The monoisotopic (exact) mass is 177 g/mol. The van der Waals surface area contributed by atoms with Gasteiger partial charge in [0.2, 0.25) is 0 Å². The van der Waals surface area contributed by atoms with Crippen molar-refractivity contribution in [1.82, 2.24) is 4.98 Å². The fraction of sp³-hybridized carbons (Fsp3) is 0. The lowest BCUT2D eigenvalue weighted by Crippen LogP contribution is -2.27. The summed E-state index contributed by atoms with van der Waals surface area (Å²) in [5, 5.41) is 0. The summed E-state index contributed by atoms with van der Waals surface area (Å²) in [6, 6.07) is 5.72. The van der Waals surface area contributed by atoms with Crippen molar-refractivity contribution in [1.29, 1.82) is 0 Å². The SMILES string of the molecule is O[Si](O)(O)F.c1ccncc1. The maximum atomic E-state index is 10.5. The van der Waals surface area contributed by atoms with E-state index in [-0.39, 0.29) is 0 Å². The minimum Gasteiger partial charge on any atom is -0.365 e. The highest BCUT2D eigenvalue weighted by molar-refractivity contribution is 6.47. The van der Waals surface area contributed by atoms with Gasteiger partial charge in [-0.05, 0) is 12.1 Å². The van der Waals surface area contributed by atoms with Crippen molar-refractivity contribution in [2.75, 3.05) is 0 Å². The number of hydrogen-bond acceptors (Lipinski definition) is 4. The molecule has 0 aromatic carbocycles. The summed E-state index contributed by atoms with van der Waals surface area (Å²) >= 11 is 0. The van der Waals surface area contributed by atoms with Gasteiger partial charge in [-0.3, -0.25) is 4.98 Å². The normalized spacial score (nSPS) is 9.82. The van der Waals surface area contributed by atoms with Gasteiger partial charge < -0.3 is 14.4 Å². The molecule has 0 saturated carbocycles. The minimum absolute atomic E-state index is 1.75. The molecule has 0 aliphatic carbocycles. The van der Waals surface area contributed by atoms with Crippen LogP contribution in [0.2, 0.25) is 0 Å². The molecule has 1 heterocycles. The molecule has 1 aromatic heterocycles. The van der Waals surface area contributed by atoms with Crippen LogP contribution in [-0.4, -0.2) is 28.5 Å². The second kappa shape index (κ2) is 4.91. The summed E-state index contributed by atoms with van der Waals surface area (Å²) in [7, 11) is -5.11. The molecule has 0 aliphatic rings.